The molecule has 2 heteroatoms. The van der Waals surface area contributed by atoms with Gasteiger partial charge >= 0.3 is 0 Å². The Bertz CT molecular complexity index is 4080. The number of fused-ring (bicyclic) bond motifs is 6. The van der Waals surface area contributed by atoms with Gasteiger partial charge in [0.15, 0.2) is 0 Å². The lowest BCUT2D eigenvalue weighted by Gasteiger charge is -2.26. The van der Waals surface area contributed by atoms with Crippen molar-refractivity contribution in [3.8, 4) is 50.2 Å². The summed E-state index contributed by atoms with van der Waals surface area (Å²) in [6.45, 7) is 6.67. The van der Waals surface area contributed by atoms with Crippen molar-refractivity contribution >= 4 is 71.2 Å². The van der Waals surface area contributed by atoms with E-state index in [4.69, 9.17) is 0 Å². The van der Waals surface area contributed by atoms with E-state index in [1.807, 2.05) is 0 Å². The molecule has 0 aliphatic carbocycles. The third-order valence-corrected chi connectivity index (χ3v) is 14.6. The van der Waals surface area contributed by atoms with Gasteiger partial charge in [-0.3, -0.25) is 0 Å². The average Bonchev–Trinajstić information content (AvgIpc) is 3.74. The summed E-state index contributed by atoms with van der Waals surface area (Å²) in [5.74, 6) is 0. The number of nitrogens with zero attached hydrogens (tertiary/aromatic N) is 2. The monoisotopic (exact) mass is 906 g/mol. The minimum atomic E-state index is 1.08. The lowest BCUT2D eigenvalue weighted by atomic mass is 9.86. The van der Waals surface area contributed by atoms with Crippen LogP contribution in [0.1, 0.15) is 16.7 Å². The third kappa shape index (κ3) is 7.27. The van der Waals surface area contributed by atoms with Gasteiger partial charge in [0.05, 0.1) is 11.0 Å². The van der Waals surface area contributed by atoms with Gasteiger partial charge in [0.1, 0.15) is 0 Å². The van der Waals surface area contributed by atoms with Gasteiger partial charge in [0, 0.05) is 33.5 Å². The SMILES string of the molecule is Cc1cc(C)c(-c2ccc3c(c2)c2cc(N(c4ccc(-c5ccc6ccccc6c5)cc4)c4ccc(-c5c6ccccc6c(-c6ccccc6)c6ccccc56)cc4)ccc2n3-c2ccccc2)c(C)c1. The summed E-state index contributed by atoms with van der Waals surface area (Å²) in [6.07, 6.45) is 0. The van der Waals surface area contributed by atoms with Crippen molar-refractivity contribution in [2.75, 3.05) is 4.90 Å². The van der Waals surface area contributed by atoms with E-state index in [1.165, 1.54) is 115 Å². The van der Waals surface area contributed by atoms with Crippen LogP contribution in [0.25, 0.3) is 104 Å². The second-order valence-corrected chi connectivity index (χ2v) is 19.1. The minimum Gasteiger partial charge on any atom is -0.310 e. The Morgan fingerprint density at radius 1 is 0.282 bits per heavy atom. The Hall–Kier alpha value is -8.98. The predicted octanol–water partition coefficient (Wildman–Crippen LogP) is 19.3. The number of para-hydroxylation sites is 1. The summed E-state index contributed by atoms with van der Waals surface area (Å²) in [5, 5.41) is 9.91. The van der Waals surface area contributed by atoms with Gasteiger partial charge in [-0.15, -0.1) is 0 Å². The van der Waals surface area contributed by atoms with E-state index in [9.17, 15) is 0 Å². The molecule has 0 amide bonds. The summed E-state index contributed by atoms with van der Waals surface area (Å²) >= 11 is 0. The van der Waals surface area contributed by atoms with E-state index in [1.54, 1.807) is 0 Å². The zero-order valence-electron chi connectivity index (χ0n) is 40.1. The normalized spacial score (nSPS) is 11.6. The molecule has 12 aromatic carbocycles. The molecule has 13 aromatic rings. The van der Waals surface area contributed by atoms with E-state index < -0.39 is 0 Å². The second-order valence-electron chi connectivity index (χ2n) is 19.1. The molecule has 0 saturated heterocycles. The topological polar surface area (TPSA) is 8.17 Å². The molecule has 0 spiro atoms. The highest BCUT2D eigenvalue weighted by Crippen LogP contribution is 2.46. The summed E-state index contributed by atoms with van der Waals surface area (Å²) in [5.41, 5.74) is 20.5. The molecule has 0 unspecified atom stereocenters. The predicted molar refractivity (Wildman–Crippen MR) is 304 cm³/mol. The average molecular weight is 907 g/mol. The quantitative estimate of drug-likeness (QED) is 0.138. The number of anilines is 3. The van der Waals surface area contributed by atoms with Crippen LogP contribution in [0, 0.1) is 20.8 Å². The highest BCUT2D eigenvalue weighted by atomic mass is 15.1. The van der Waals surface area contributed by atoms with Crippen LogP contribution in [0.5, 0.6) is 0 Å². The molecule has 0 N–H and O–H groups in total. The lowest BCUT2D eigenvalue weighted by Crippen LogP contribution is -2.10. The molecule has 1 aromatic heterocycles. The van der Waals surface area contributed by atoms with Crippen molar-refractivity contribution < 1.29 is 0 Å². The van der Waals surface area contributed by atoms with E-state index >= 15 is 0 Å². The number of hydrogen-bond donors (Lipinski definition) is 0. The number of rotatable bonds is 8. The lowest BCUT2D eigenvalue weighted by molar-refractivity contribution is 1.18. The molecular formula is C69H50N2. The van der Waals surface area contributed by atoms with Crippen LogP contribution in [0.15, 0.2) is 249 Å². The summed E-state index contributed by atoms with van der Waals surface area (Å²) in [4.78, 5) is 2.42. The smallest absolute Gasteiger partial charge is 0.0542 e. The molecule has 0 saturated carbocycles. The minimum absolute atomic E-state index is 1.08. The fourth-order valence-electron chi connectivity index (χ4n) is 11.5. The molecule has 0 aliphatic rings. The first-order chi connectivity index (χ1) is 34.9. The van der Waals surface area contributed by atoms with E-state index in [-0.39, 0.29) is 0 Å². The fraction of sp³-hybridized carbons (Fsp3) is 0.0435. The first kappa shape index (κ1) is 42.1. The Morgan fingerprint density at radius 3 is 1.34 bits per heavy atom. The third-order valence-electron chi connectivity index (χ3n) is 14.6. The molecule has 0 atom stereocenters. The van der Waals surface area contributed by atoms with Crippen molar-refractivity contribution in [3.05, 3.63) is 265 Å². The highest BCUT2D eigenvalue weighted by Gasteiger charge is 2.21. The maximum Gasteiger partial charge on any atom is 0.0542 e. The molecule has 0 radical (unpaired) electrons. The van der Waals surface area contributed by atoms with Gasteiger partial charge < -0.3 is 9.47 Å². The maximum absolute atomic E-state index is 2.42. The van der Waals surface area contributed by atoms with Gasteiger partial charge in [-0.1, -0.05) is 181 Å². The summed E-state index contributed by atoms with van der Waals surface area (Å²) in [7, 11) is 0. The van der Waals surface area contributed by atoms with Crippen LogP contribution >= 0.6 is 0 Å². The molecule has 71 heavy (non-hydrogen) atoms. The molecule has 0 fully saturated rings. The van der Waals surface area contributed by atoms with Crippen LogP contribution in [0.3, 0.4) is 0 Å². The first-order valence-corrected chi connectivity index (χ1v) is 24.7. The van der Waals surface area contributed by atoms with Crippen LogP contribution in [0.2, 0.25) is 0 Å². The van der Waals surface area contributed by atoms with Gasteiger partial charge in [-0.2, -0.15) is 0 Å². The summed E-state index contributed by atoms with van der Waals surface area (Å²) < 4.78 is 2.42. The number of benzene rings is 12. The van der Waals surface area contributed by atoms with Crippen LogP contribution in [0.4, 0.5) is 17.1 Å². The van der Waals surface area contributed by atoms with E-state index in [0.29, 0.717) is 0 Å². The first-order valence-electron chi connectivity index (χ1n) is 24.7. The Kier molecular flexibility index (Phi) is 10.2. The molecule has 13 rings (SSSR count). The van der Waals surface area contributed by atoms with Crippen LogP contribution in [-0.4, -0.2) is 4.57 Å². The Labute approximate surface area is 415 Å². The molecule has 336 valence electrons. The molecule has 0 bridgehead atoms. The number of aryl methyl sites for hydroxylation is 3. The van der Waals surface area contributed by atoms with Gasteiger partial charge in [-0.05, 0) is 182 Å². The van der Waals surface area contributed by atoms with Crippen molar-refractivity contribution in [3.63, 3.8) is 0 Å². The van der Waals surface area contributed by atoms with E-state index in [0.717, 1.165) is 22.7 Å². The van der Waals surface area contributed by atoms with Crippen LogP contribution < -0.4 is 4.90 Å². The Morgan fingerprint density at radius 2 is 0.732 bits per heavy atom. The number of hydrogen-bond acceptors (Lipinski definition) is 1. The molecule has 0 aliphatic heterocycles. The highest BCUT2D eigenvalue weighted by molar-refractivity contribution is 6.21. The fourth-order valence-corrected chi connectivity index (χ4v) is 11.5. The van der Waals surface area contributed by atoms with E-state index in [2.05, 4.69) is 279 Å². The van der Waals surface area contributed by atoms with Crippen molar-refractivity contribution in [1.29, 1.82) is 0 Å². The maximum atomic E-state index is 2.42. The largest absolute Gasteiger partial charge is 0.310 e. The van der Waals surface area contributed by atoms with Crippen molar-refractivity contribution in [2.45, 2.75) is 20.8 Å². The van der Waals surface area contributed by atoms with Gasteiger partial charge in [0.2, 0.25) is 0 Å². The zero-order chi connectivity index (χ0) is 47.6. The standard InChI is InChI=1S/C69H50N2/c1-45-40-46(2)67(47(3)41-45)54-32-38-65-63(43-54)64-44-58(37-39-66(64)71(65)55-20-8-5-9-21-55)70(56-33-28-49(29-34-56)53-27-26-48-16-10-11-19-52(48)42-53)57-35-30-51(31-36-57)69-61-24-14-12-22-59(61)68(50-17-6-4-7-18-50)60-23-13-15-25-62(60)69/h4-44H,1-3H3. The van der Waals surface area contributed by atoms with Crippen LogP contribution in [-0.2, 0) is 0 Å². The van der Waals surface area contributed by atoms with Crippen molar-refractivity contribution in [1.82, 2.24) is 4.57 Å². The number of aromatic nitrogens is 1. The molecule has 2 nitrogen and oxygen atoms in total. The van der Waals surface area contributed by atoms with Gasteiger partial charge in [-0.25, -0.2) is 0 Å². The molecular weight excluding hydrogens is 857 g/mol. The summed E-state index contributed by atoms with van der Waals surface area (Å²) in [6, 6.07) is 91.8. The second kappa shape index (κ2) is 17.2. The molecule has 1 heterocycles. The van der Waals surface area contributed by atoms with Crippen molar-refractivity contribution in [2.24, 2.45) is 0 Å². The Balaban J connectivity index is 1.000. The zero-order valence-corrected chi connectivity index (χ0v) is 40.1. The van der Waals surface area contributed by atoms with Gasteiger partial charge in [0.25, 0.3) is 0 Å².